The molecule has 2 nitrogen and oxygen atoms in total. The van der Waals surface area contributed by atoms with Gasteiger partial charge in [0.15, 0.2) is 0 Å². The first-order chi connectivity index (χ1) is 4.74. The van der Waals surface area contributed by atoms with Crippen molar-refractivity contribution < 1.29 is 9.90 Å². The Morgan fingerprint density at radius 3 is 3.00 bits per heavy atom. The lowest BCUT2D eigenvalue weighted by molar-refractivity contribution is -0.137. The van der Waals surface area contributed by atoms with Crippen LogP contribution >= 0.6 is 0 Å². The van der Waals surface area contributed by atoms with Crippen LogP contribution in [0.1, 0.15) is 19.8 Å². The largest absolute Gasteiger partial charge is 0.481 e. The molecule has 10 heavy (non-hydrogen) atoms. The second-order valence-electron chi connectivity index (χ2n) is 2.78. The van der Waals surface area contributed by atoms with E-state index in [4.69, 9.17) is 5.11 Å². The average Bonchev–Trinajstić information content (AvgIpc) is 2.47. The zero-order valence-corrected chi connectivity index (χ0v) is 6.08. The minimum absolute atomic E-state index is 0.342. The first-order valence-corrected chi connectivity index (χ1v) is 3.58. The van der Waals surface area contributed by atoms with Crippen LogP contribution in [0.3, 0.4) is 0 Å². The molecule has 1 N–H and O–H groups in total. The van der Waals surface area contributed by atoms with Gasteiger partial charge >= 0.3 is 5.97 Å². The number of allylic oxidation sites excluding steroid dienone is 2. The average molecular weight is 140 g/mol. The van der Waals surface area contributed by atoms with Crippen LogP contribution in [-0.4, -0.2) is 11.1 Å². The van der Waals surface area contributed by atoms with Crippen LogP contribution in [0.5, 0.6) is 0 Å². The van der Waals surface area contributed by atoms with Gasteiger partial charge in [-0.15, -0.1) is 0 Å². The highest BCUT2D eigenvalue weighted by atomic mass is 16.4. The van der Waals surface area contributed by atoms with Gasteiger partial charge in [0.1, 0.15) is 0 Å². The van der Waals surface area contributed by atoms with Gasteiger partial charge in [0.2, 0.25) is 0 Å². The lowest BCUT2D eigenvalue weighted by atomic mass is 10.2. The molecule has 0 aromatic heterocycles. The van der Waals surface area contributed by atoms with E-state index in [1.807, 2.05) is 13.0 Å². The number of carbonyl (C=O) groups is 1. The zero-order valence-electron chi connectivity index (χ0n) is 6.08. The second kappa shape index (κ2) is 2.86. The van der Waals surface area contributed by atoms with Gasteiger partial charge in [-0.25, -0.2) is 0 Å². The summed E-state index contributed by atoms with van der Waals surface area (Å²) in [6, 6.07) is 0. The van der Waals surface area contributed by atoms with Gasteiger partial charge in [0.05, 0.1) is 0 Å². The minimum Gasteiger partial charge on any atom is -0.481 e. The fraction of sp³-hybridized carbons (Fsp3) is 0.625. The maximum Gasteiger partial charge on any atom is 0.303 e. The van der Waals surface area contributed by atoms with Crippen molar-refractivity contribution in [3.05, 3.63) is 12.2 Å². The molecule has 1 aliphatic carbocycles. The van der Waals surface area contributed by atoms with Gasteiger partial charge in [0, 0.05) is 6.42 Å². The lowest BCUT2D eigenvalue weighted by Gasteiger charge is -1.87. The van der Waals surface area contributed by atoms with Crippen molar-refractivity contribution in [2.45, 2.75) is 19.8 Å². The smallest absolute Gasteiger partial charge is 0.303 e. The third kappa shape index (κ3) is 1.87. The molecule has 0 heterocycles. The molecule has 2 atom stereocenters. The van der Waals surface area contributed by atoms with Crippen molar-refractivity contribution in [1.29, 1.82) is 0 Å². The molecule has 0 aliphatic heterocycles. The molecule has 1 fully saturated rings. The van der Waals surface area contributed by atoms with Crippen LogP contribution in [0.25, 0.3) is 0 Å². The van der Waals surface area contributed by atoms with E-state index in [9.17, 15) is 4.79 Å². The van der Waals surface area contributed by atoms with Crippen molar-refractivity contribution >= 4 is 5.97 Å². The van der Waals surface area contributed by atoms with E-state index < -0.39 is 5.97 Å². The van der Waals surface area contributed by atoms with Gasteiger partial charge in [-0.1, -0.05) is 12.2 Å². The predicted molar refractivity (Wildman–Crippen MR) is 38.7 cm³/mol. The maximum atomic E-state index is 10.2. The molecular weight excluding hydrogens is 128 g/mol. The summed E-state index contributed by atoms with van der Waals surface area (Å²) in [5.41, 5.74) is 0. The highest BCUT2D eigenvalue weighted by molar-refractivity contribution is 5.67. The van der Waals surface area contributed by atoms with E-state index in [1.165, 1.54) is 0 Å². The molecule has 0 saturated heterocycles. The highest BCUT2D eigenvalue weighted by Gasteiger charge is 2.35. The molecule has 2 heteroatoms. The van der Waals surface area contributed by atoms with Crippen LogP contribution < -0.4 is 0 Å². The van der Waals surface area contributed by atoms with Crippen LogP contribution in [0, 0.1) is 11.8 Å². The SMILES string of the molecule is CC=CC1CC1CC(=O)O. The number of hydrogen-bond acceptors (Lipinski definition) is 1. The van der Waals surface area contributed by atoms with Gasteiger partial charge in [0.25, 0.3) is 0 Å². The molecule has 0 aromatic carbocycles. The Morgan fingerprint density at radius 1 is 1.80 bits per heavy atom. The summed E-state index contributed by atoms with van der Waals surface area (Å²) < 4.78 is 0. The molecular formula is C8H12O2. The van der Waals surface area contributed by atoms with Crippen molar-refractivity contribution in [3.8, 4) is 0 Å². The van der Waals surface area contributed by atoms with Gasteiger partial charge in [-0.05, 0) is 25.2 Å². The predicted octanol–water partition coefficient (Wildman–Crippen LogP) is 1.67. The number of carboxylic acids is 1. The number of aliphatic carboxylic acids is 1. The van der Waals surface area contributed by atoms with Crippen LogP contribution in [0.15, 0.2) is 12.2 Å². The minimum atomic E-state index is -0.669. The monoisotopic (exact) mass is 140 g/mol. The Morgan fingerprint density at radius 2 is 2.50 bits per heavy atom. The Bertz CT molecular complexity index is 161. The third-order valence-corrected chi connectivity index (χ3v) is 1.85. The van der Waals surface area contributed by atoms with E-state index >= 15 is 0 Å². The lowest BCUT2D eigenvalue weighted by Crippen LogP contribution is -1.95. The number of carboxylic acid groups (broad SMARTS) is 1. The highest BCUT2D eigenvalue weighted by Crippen LogP contribution is 2.42. The van der Waals surface area contributed by atoms with E-state index in [1.54, 1.807) is 0 Å². The van der Waals surface area contributed by atoms with Crippen molar-refractivity contribution in [2.24, 2.45) is 11.8 Å². The molecule has 1 saturated carbocycles. The second-order valence-corrected chi connectivity index (χ2v) is 2.78. The number of rotatable bonds is 3. The van der Waals surface area contributed by atoms with Crippen LogP contribution in [0.4, 0.5) is 0 Å². The van der Waals surface area contributed by atoms with E-state index in [0.29, 0.717) is 18.3 Å². The fourth-order valence-corrected chi connectivity index (χ4v) is 1.21. The normalized spacial score (nSPS) is 30.9. The van der Waals surface area contributed by atoms with Crippen molar-refractivity contribution in [2.75, 3.05) is 0 Å². The first kappa shape index (κ1) is 7.32. The molecule has 0 bridgehead atoms. The summed E-state index contributed by atoms with van der Waals surface area (Å²) in [4.78, 5) is 10.2. The Hall–Kier alpha value is -0.790. The molecule has 1 rings (SSSR count). The Balaban J connectivity index is 2.19. The van der Waals surface area contributed by atoms with Crippen LogP contribution in [0.2, 0.25) is 0 Å². The Kier molecular flexibility index (Phi) is 2.10. The van der Waals surface area contributed by atoms with Gasteiger partial charge < -0.3 is 5.11 Å². The summed E-state index contributed by atoms with van der Waals surface area (Å²) in [5.74, 6) is 0.312. The van der Waals surface area contributed by atoms with Gasteiger partial charge in [-0.2, -0.15) is 0 Å². The summed E-state index contributed by atoms with van der Waals surface area (Å²) >= 11 is 0. The van der Waals surface area contributed by atoms with E-state index in [-0.39, 0.29) is 0 Å². The molecule has 1 aliphatic rings. The first-order valence-electron chi connectivity index (χ1n) is 3.58. The van der Waals surface area contributed by atoms with E-state index in [2.05, 4.69) is 6.08 Å². The molecule has 0 amide bonds. The maximum absolute atomic E-state index is 10.2. The molecule has 56 valence electrons. The summed E-state index contributed by atoms with van der Waals surface area (Å²) in [7, 11) is 0. The summed E-state index contributed by atoms with van der Waals surface area (Å²) in [5, 5.41) is 8.39. The van der Waals surface area contributed by atoms with Crippen molar-refractivity contribution in [1.82, 2.24) is 0 Å². The quantitative estimate of drug-likeness (QED) is 0.605. The Labute approximate surface area is 60.6 Å². The topological polar surface area (TPSA) is 37.3 Å². The van der Waals surface area contributed by atoms with Gasteiger partial charge in [-0.3, -0.25) is 4.79 Å². The summed E-state index contributed by atoms with van der Waals surface area (Å²) in [6.07, 6.45) is 5.49. The molecule has 0 spiro atoms. The molecule has 2 unspecified atom stereocenters. The molecule has 0 aromatic rings. The fourth-order valence-electron chi connectivity index (χ4n) is 1.21. The van der Waals surface area contributed by atoms with Crippen LogP contribution in [-0.2, 0) is 4.79 Å². The van der Waals surface area contributed by atoms with Crippen molar-refractivity contribution in [3.63, 3.8) is 0 Å². The van der Waals surface area contributed by atoms with E-state index in [0.717, 1.165) is 6.42 Å². The summed E-state index contributed by atoms with van der Waals surface area (Å²) in [6.45, 7) is 1.97. The standard InChI is InChI=1S/C8H12O2/c1-2-3-6-4-7(6)5-8(9)10/h2-3,6-7H,4-5H2,1H3,(H,9,10). The zero-order chi connectivity index (χ0) is 7.56. The third-order valence-electron chi connectivity index (χ3n) is 1.85. The number of hydrogen-bond donors (Lipinski definition) is 1. The molecule has 0 radical (unpaired) electrons.